The number of hydrogen-bond acceptors (Lipinski definition) is 6. The standard InChI is InChI=1S/C28H22O6/c29-16-33-24-10-3-1-8-20(24)23(30)15-22(19-13-12-17-6-5-7-18(17)14-19)26-27(31)21-9-2-4-11-25(21)34-28(26)32/h1-4,8-16,22,30-31H,5-7H2/b23-15-. The topological polar surface area (TPSA) is 97.0 Å². The number of allylic oxidation sites excluding steroid dienone is 1. The Kier molecular flexibility index (Phi) is 5.64. The molecule has 4 aromatic rings. The molecule has 2 N–H and O–H groups in total. The van der Waals surface area contributed by atoms with Crippen LogP contribution in [0.2, 0.25) is 0 Å². The smallest absolute Gasteiger partial charge is 0.344 e. The molecule has 0 amide bonds. The third kappa shape index (κ3) is 3.83. The van der Waals surface area contributed by atoms with E-state index in [2.05, 4.69) is 0 Å². The molecule has 6 heteroatoms. The van der Waals surface area contributed by atoms with Gasteiger partial charge in [-0.3, -0.25) is 4.79 Å². The summed E-state index contributed by atoms with van der Waals surface area (Å²) in [4.78, 5) is 24.0. The normalized spacial score (nSPS) is 14.1. The minimum Gasteiger partial charge on any atom is -0.507 e. The van der Waals surface area contributed by atoms with Crippen LogP contribution in [0.3, 0.4) is 0 Å². The van der Waals surface area contributed by atoms with Crippen molar-refractivity contribution in [1.82, 2.24) is 0 Å². The predicted octanol–water partition coefficient (Wildman–Crippen LogP) is 5.25. The first kappa shape index (κ1) is 21.5. The third-order valence-corrected chi connectivity index (χ3v) is 6.28. The van der Waals surface area contributed by atoms with E-state index >= 15 is 0 Å². The second-order valence-electron chi connectivity index (χ2n) is 8.27. The Bertz CT molecular complexity index is 1480. The zero-order valence-corrected chi connectivity index (χ0v) is 18.2. The van der Waals surface area contributed by atoms with Gasteiger partial charge in [-0.15, -0.1) is 0 Å². The van der Waals surface area contributed by atoms with Crippen molar-refractivity contribution in [2.45, 2.75) is 25.2 Å². The zero-order valence-electron chi connectivity index (χ0n) is 18.2. The van der Waals surface area contributed by atoms with Crippen LogP contribution < -0.4 is 10.4 Å². The highest BCUT2D eigenvalue weighted by Crippen LogP contribution is 2.38. The Hall–Kier alpha value is -4.32. The molecule has 1 unspecified atom stereocenters. The van der Waals surface area contributed by atoms with Crippen molar-refractivity contribution >= 4 is 23.2 Å². The Labute approximate surface area is 195 Å². The first-order valence-corrected chi connectivity index (χ1v) is 11.0. The lowest BCUT2D eigenvalue weighted by Gasteiger charge is -2.18. The number of para-hydroxylation sites is 2. The number of benzene rings is 3. The monoisotopic (exact) mass is 454 g/mol. The van der Waals surface area contributed by atoms with Crippen LogP contribution in [0.15, 0.2) is 82.0 Å². The SMILES string of the molecule is O=COc1ccccc1/C(O)=C/C(c1ccc2c(c1)CCC2)c1c(O)c2ccccc2oc1=O. The van der Waals surface area contributed by atoms with Gasteiger partial charge in [0.15, 0.2) is 0 Å². The van der Waals surface area contributed by atoms with E-state index in [4.69, 9.17) is 9.15 Å². The highest BCUT2D eigenvalue weighted by atomic mass is 16.5. The fourth-order valence-corrected chi connectivity index (χ4v) is 4.63. The van der Waals surface area contributed by atoms with E-state index in [1.807, 2.05) is 18.2 Å². The van der Waals surface area contributed by atoms with Gasteiger partial charge in [0.05, 0.1) is 16.5 Å². The zero-order chi connectivity index (χ0) is 23.7. The van der Waals surface area contributed by atoms with E-state index in [1.54, 1.807) is 48.5 Å². The third-order valence-electron chi connectivity index (χ3n) is 6.28. The summed E-state index contributed by atoms with van der Waals surface area (Å²) in [5.41, 5.74) is 3.07. The largest absolute Gasteiger partial charge is 0.507 e. The summed E-state index contributed by atoms with van der Waals surface area (Å²) in [6, 6.07) is 19.2. The van der Waals surface area contributed by atoms with Crippen molar-refractivity contribution in [3.8, 4) is 11.5 Å². The number of aliphatic hydroxyl groups is 1. The number of aryl methyl sites for hydroxylation is 2. The average Bonchev–Trinajstić information content (AvgIpc) is 3.32. The van der Waals surface area contributed by atoms with Gasteiger partial charge in [-0.1, -0.05) is 42.5 Å². The number of aromatic hydroxyl groups is 1. The van der Waals surface area contributed by atoms with Gasteiger partial charge in [-0.2, -0.15) is 0 Å². The molecule has 6 nitrogen and oxygen atoms in total. The molecule has 170 valence electrons. The van der Waals surface area contributed by atoms with Crippen molar-refractivity contribution in [2.24, 2.45) is 0 Å². The summed E-state index contributed by atoms with van der Waals surface area (Å²) in [5.74, 6) is -1.03. The molecule has 1 aromatic heterocycles. The van der Waals surface area contributed by atoms with Crippen LogP contribution in [0.1, 0.15) is 40.2 Å². The molecule has 3 aromatic carbocycles. The molecule has 0 saturated heterocycles. The lowest BCUT2D eigenvalue weighted by atomic mass is 9.88. The van der Waals surface area contributed by atoms with E-state index in [0.717, 1.165) is 24.8 Å². The minimum absolute atomic E-state index is 0.0250. The van der Waals surface area contributed by atoms with Gasteiger partial charge in [0, 0.05) is 5.92 Å². The van der Waals surface area contributed by atoms with E-state index in [0.29, 0.717) is 5.39 Å². The quantitative estimate of drug-likeness (QED) is 0.235. The number of hydrogen-bond donors (Lipinski definition) is 2. The van der Waals surface area contributed by atoms with Crippen molar-refractivity contribution in [1.29, 1.82) is 0 Å². The van der Waals surface area contributed by atoms with Gasteiger partial charge in [0.25, 0.3) is 6.47 Å². The minimum atomic E-state index is -0.809. The van der Waals surface area contributed by atoms with Crippen LogP contribution in [-0.2, 0) is 17.6 Å². The fraction of sp³-hybridized carbons (Fsp3) is 0.143. The van der Waals surface area contributed by atoms with Gasteiger partial charge in [0.2, 0.25) is 0 Å². The van der Waals surface area contributed by atoms with E-state index in [-0.39, 0.29) is 40.4 Å². The fourth-order valence-electron chi connectivity index (χ4n) is 4.63. The molecular weight excluding hydrogens is 432 g/mol. The van der Waals surface area contributed by atoms with Gasteiger partial charge in [0.1, 0.15) is 22.8 Å². The molecule has 0 bridgehead atoms. The van der Waals surface area contributed by atoms with Crippen LogP contribution in [0, 0.1) is 0 Å². The molecule has 1 atom stereocenters. The molecule has 0 spiro atoms. The Morgan fingerprint density at radius 3 is 2.62 bits per heavy atom. The van der Waals surface area contributed by atoms with Crippen LogP contribution in [0.25, 0.3) is 16.7 Å². The second kappa shape index (κ2) is 8.90. The molecular formula is C28H22O6. The summed E-state index contributed by atoms with van der Waals surface area (Å²) >= 11 is 0. The van der Waals surface area contributed by atoms with Gasteiger partial charge in [-0.25, -0.2) is 4.79 Å². The summed E-state index contributed by atoms with van der Waals surface area (Å²) in [5, 5.41) is 22.6. The van der Waals surface area contributed by atoms with Crippen molar-refractivity contribution in [2.75, 3.05) is 0 Å². The average molecular weight is 454 g/mol. The van der Waals surface area contributed by atoms with E-state index in [1.165, 1.54) is 17.2 Å². The Balaban J connectivity index is 1.73. The summed E-state index contributed by atoms with van der Waals surface area (Å²) in [7, 11) is 0. The number of aliphatic hydroxyl groups excluding tert-OH is 1. The number of rotatable bonds is 6. The molecule has 0 aliphatic heterocycles. The van der Waals surface area contributed by atoms with Crippen LogP contribution in [0.5, 0.6) is 11.5 Å². The molecule has 1 aliphatic carbocycles. The molecule has 0 radical (unpaired) electrons. The number of carbonyl (C=O) groups is 1. The molecule has 1 heterocycles. The summed E-state index contributed by atoms with van der Waals surface area (Å²) in [6.45, 7) is 0.286. The molecule has 0 fully saturated rings. The van der Waals surface area contributed by atoms with Crippen LogP contribution in [-0.4, -0.2) is 16.7 Å². The lowest BCUT2D eigenvalue weighted by molar-refractivity contribution is -0.120. The molecule has 0 saturated carbocycles. The van der Waals surface area contributed by atoms with Crippen LogP contribution >= 0.6 is 0 Å². The van der Waals surface area contributed by atoms with E-state index < -0.39 is 11.5 Å². The first-order chi connectivity index (χ1) is 16.6. The first-order valence-electron chi connectivity index (χ1n) is 11.0. The predicted molar refractivity (Wildman–Crippen MR) is 128 cm³/mol. The van der Waals surface area contributed by atoms with Crippen molar-refractivity contribution in [3.63, 3.8) is 0 Å². The molecule has 5 rings (SSSR count). The highest BCUT2D eigenvalue weighted by Gasteiger charge is 2.26. The van der Waals surface area contributed by atoms with E-state index in [9.17, 15) is 19.8 Å². The Morgan fingerprint density at radius 1 is 1.00 bits per heavy atom. The Morgan fingerprint density at radius 2 is 1.76 bits per heavy atom. The number of carbonyl (C=O) groups excluding carboxylic acids is 1. The lowest BCUT2D eigenvalue weighted by Crippen LogP contribution is -2.14. The molecule has 1 aliphatic rings. The second-order valence-corrected chi connectivity index (χ2v) is 8.27. The summed E-state index contributed by atoms with van der Waals surface area (Å²) in [6.07, 6.45) is 4.47. The molecule has 34 heavy (non-hydrogen) atoms. The van der Waals surface area contributed by atoms with Gasteiger partial charge in [-0.05, 0) is 66.3 Å². The highest BCUT2D eigenvalue weighted by molar-refractivity contribution is 5.84. The van der Waals surface area contributed by atoms with Crippen molar-refractivity contribution in [3.05, 3.63) is 111 Å². The van der Waals surface area contributed by atoms with Gasteiger partial charge >= 0.3 is 5.63 Å². The van der Waals surface area contributed by atoms with Crippen LogP contribution in [0.4, 0.5) is 0 Å². The van der Waals surface area contributed by atoms with Crippen molar-refractivity contribution < 1.29 is 24.2 Å². The maximum atomic E-state index is 13.1. The van der Waals surface area contributed by atoms with Gasteiger partial charge < -0.3 is 19.4 Å². The summed E-state index contributed by atoms with van der Waals surface area (Å²) < 4.78 is 10.5. The number of fused-ring (bicyclic) bond motifs is 2. The maximum Gasteiger partial charge on any atom is 0.344 e. The number of ether oxygens (including phenoxy) is 1. The maximum absolute atomic E-state index is 13.1.